The molecule has 1 saturated heterocycles. The molecule has 3 aromatic rings. The first kappa shape index (κ1) is 37.5. The normalized spacial score (nSPS) is 21.6. The molecule has 2 aliphatic carbocycles. The predicted molar refractivity (Wildman–Crippen MR) is 194 cm³/mol. The van der Waals surface area contributed by atoms with E-state index in [4.69, 9.17) is 10.5 Å². The second-order valence-corrected chi connectivity index (χ2v) is 15.5. The highest BCUT2D eigenvalue weighted by Gasteiger charge is 2.40. The number of aryl methyl sites for hydroxylation is 1. The topological polar surface area (TPSA) is 134 Å². The fourth-order valence-corrected chi connectivity index (χ4v) is 8.86. The summed E-state index contributed by atoms with van der Waals surface area (Å²) < 4.78 is 46.5. The number of aromatic nitrogens is 2. The first-order chi connectivity index (χ1) is 24.6. The minimum Gasteiger partial charge on any atom is -0.496 e. The minimum atomic E-state index is -4.52. The van der Waals surface area contributed by atoms with Gasteiger partial charge in [0.05, 0.1) is 24.2 Å². The van der Waals surface area contributed by atoms with E-state index in [-0.39, 0.29) is 28.8 Å². The highest BCUT2D eigenvalue weighted by Crippen LogP contribution is 2.47. The van der Waals surface area contributed by atoms with Crippen molar-refractivity contribution in [3.8, 4) is 5.75 Å². The lowest BCUT2D eigenvalue weighted by atomic mass is 9.65. The molecule has 4 N–H and O–H groups in total. The first-order valence-electron chi connectivity index (χ1n) is 18.5. The van der Waals surface area contributed by atoms with Crippen molar-refractivity contribution >= 4 is 34.4 Å². The number of nitrogen functional groups attached to an aromatic ring is 1. The van der Waals surface area contributed by atoms with E-state index in [1.807, 2.05) is 24.1 Å². The molecule has 2 saturated carbocycles. The lowest BCUT2D eigenvalue weighted by Gasteiger charge is -2.46. The van der Waals surface area contributed by atoms with E-state index in [9.17, 15) is 27.9 Å². The van der Waals surface area contributed by atoms with Crippen LogP contribution in [0.25, 0.3) is 10.9 Å². The lowest BCUT2D eigenvalue weighted by Crippen LogP contribution is -2.45. The second-order valence-electron chi connectivity index (χ2n) is 15.5. The number of piperidine rings is 1. The van der Waals surface area contributed by atoms with Gasteiger partial charge in [-0.1, -0.05) is 0 Å². The maximum atomic E-state index is 13.6. The molecule has 2 amide bonds. The number of anilines is 2. The van der Waals surface area contributed by atoms with E-state index in [0.29, 0.717) is 47.5 Å². The number of nitrogens with one attached hydrogen (secondary N) is 1. The molecule has 52 heavy (non-hydrogen) atoms. The quantitative estimate of drug-likeness (QED) is 0.197. The van der Waals surface area contributed by atoms with Gasteiger partial charge in [0.2, 0.25) is 5.91 Å². The largest absolute Gasteiger partial charge is 0.496 e. The van der Waals surface area contributed by atoms with Crippen molar-refractivity contribution in [3.05, 3.63) is 52.8 Å². The number of likely N-dealkylation sites (tertiary alicyclic amines) is 1. The molecule has 2 heterocycles. The van der Waals surface area contributed by atoms with E-state index in [1.165, 1.54) is 11.0 Å². The Morgan fingerprint density at radius 3 is 2.33 bits per heavy atom. The Balaban J connectivity index is 1.10. The molecule has 0 unspecified atom stereocenters. The van der Waals surface area contributed by atoms with Crippen LogP contribution < -0.4 is 15.8 Å². The first-order valence-corrected chi connectivity index (χ1v) is 18.5. The van der Waals surface area contributed by atoms with Gasteiger partial charge in [-0.15, -0.1) is 0 Å². The zero-order chi connectivity index (χ0) is 37.4. The standard InChI is InChI=1S/C39H51F3N6O4/c1-23(28-17-29(39(40,41)42)19-30(43)18-28)44-35-32-20-31(34(52-4)21-33(32)45-24(2)46-35)26-5-7-27(8-6-26)36(49)47(3)22-25-9-11-38(12-10-25)13-15-48(16-14-38)37(50)51/h17-21,23,25-27H,5-16,22,43H2,1-4H3,(H,50,51)(H,44,45,46)/t23-,26?,27?/m1/s1. The molecule has 3 fully saturated rings. The summed E-state index contributed by atoms with van der Waals surface area (Å²) in [6.07, 6.45) is 4.07. The van der Waals surface area contributed by atoms with Gasteiger partial charge in [0, 0.05) is 49.7 Å². The molecule has 1 atom stereocenters. The molecular formula is C39H51F3N6O4. The molecule has 0 radical (unpaired) electrons. The average molecular weight is 725 g/mol. The van der Waals surface area contributed by atoms with Crippen LogP contribution >= 0.6 is 0 Å². The van der Waals surface area contributed by atoms with Crippen molar-refractivity contribution in [2.75, 3.05) is 44.8 Å². The van der Waals surface area contributed by atoms with Crippen molar-refractivity contribution in [1.82, 2.24) is 19.8 Å². The summed E-state index contributed by atoms with van der Waals surface area (Å²) in [5, 5.41) is 13.4. The van der Waals surface area contributed by atoms with Gasteiger partial charge >= 0.3 is 12.3 Å². The fraction of sp³-hybridized carbons (Fsp3) is 0.590. The van der Waals surface area contributed by atoms with Crippen LogP contribution in [0.2, 0.25) is 0 Å². The van der Waals surface area contributed by atoms with Crippen LogP contribution in [0.5, 0.6) is 5.75 Å². The van der Waals surface area contributed by atoms with Crippen LogP contribution in [-0.2, 0) is 11.0 Å². The summed E-state index contributed by atoms with van der Waals surface area (Å²) in [5.74, 6) is 2.54. The maximum absolute atomic E-state index is 13.6. The molecule has 1 aromatic heterocycles. The molecule has 282 valence electrons. The number of ether oxygens (including phenoxy) is 1. The fourth-order valence-electron chi connectivity index (χ4n) is 8.86. The van der Waals surface area contributed by atoms with Crippen LogP contribution in [0.4, 0.5) is 29.5 Å². The molecule has 6 rings (SSSR count). The number of halogens is 3. The molecule has 10 nitrogen and oxygen atoms in total. The summed E-state index contributed by atoms with van der Waals surface area (Å²) in [6.45, 7) is 5.54. The summed E-state index contributed by atoms with van der Waals surface area (Å²) >= 11 is 0. The van der Waals surface area contributed by atoms with Gasteiger partial charge in [-0.3, -0.25) is 4.79 Å². The molecule has 2 aromatic carbocycles. The third-order valence-electron chi connectivity index (χ3n) is 12.0. The second kappa shape index (κ2) is 15.0. The highest BCUT2D eigenvalue weighted by molar-refractivity contribution is 5.91. The van der Waals surface area contributed by atoms with Crippen molar-refractivity contribution < 1.29 is 32.6 Å². The molecule has 0 bridgehead atoms. The van der Waals surface area contributed by atoms with Crippen LogP contribution in [0.1, 0.15) is 106 Å². The van der Waals surface area contributed by atoms with Gasteiger partial charge < -0.3 is 30.7 Å². The van der Waals surface area contributed by atoms with Crippen LogP contribution in [0.15, 0.2) is 30.3 Å². The number of carboxylic acid groups (broad SMARTS) is 1. The number of methoxy groups -OCH3 is 1. The molecular weight excluding hydrogens is 673 g/mol. The Morgan fingerprint density at radius 2 is 1.71 bits per heavy atom. The van der Waals surface area contributed by atoms with E-state index in [2.05, 4.69) is 15.3 Å². The predicted octanol–water partition coefficient (Wildman–Crippen LogP) is 8.40. The number of carbonyl (C=O) groups is 2. The van der Waals surface area contributed by atoms with Gasteiger partial charge in [0.15, 0.2) is 0 Å². The molecule has 3 aliphatic rings. The average Bonchev–Trinajstić information content (AvgIpc) is 3.11. The van der Waals surface area contributed by atoms with Crippen molar-refractivity contribution in [1.29, 1.82) is 0 Å². The van der Waals surface area contributed by atoms with E-state index in [0.717, 1.165) is 93.8 Å². The SMILES string of the molecule is COc1cc2nc(C)nc(N[C@H](C)c3cc(N)cc(C(F)(F)F)c3)c2cc1C1CCC(C(=O)N(C)CC2CCC3(CC2)CCN(C(=O)O)CC3)CC1. The van der Waals surface area contributed by atoms with Crippen molar-refractivity contribution in [3.63, 3.8) is 0 Å². The third-order valence-corrected chi connectivity index (χ3v) is 12.0. The number of carbonyl (C=O) groups excluding carboxylic acids is 1. The van der Waals surface area contributed by atoms with E-state index in [1.54, 1.807) is 21.0 Å². The van der Waals surface area contributed by atoms with Crippen molar-refractivity contribution in [2.24, 2.45) is 17.3 Å². The molecule has 1 spiro atoms. The van der Waals surface area contributed by atoms with Gasteiger partial charge in [-0.2, -0.15) is 13.2 Å². The highest BCUT2D eigenvalue weighted by atomic mass is 19.4. The zero-order valence-electron chi connectivity index (χ0n) is 30.6. The number of nitrogens with two attached hydrogens (primary N) is 1. The van der Waals surface area contributed by atoms with Gasteiger partial charge in [0.1, 0.15) is 17.4 Å². The van der Waals surface area contributed by atoms with Crippen LogP contribution in [0, 0.1) is 24.2 Å². The Kier molecular flexibility index (Phi) is 10.8. The van der Waals surface area contributed by atoms with Gasteiger partial charge in [-0.05, 0) is 131 Å². The van der Waals surface area contributed by atoms with Gasteiger partial charge in [0.25, 0.3) is 0 Å². The molecule has 1 aliphatic heterocycles. The van der Waals surface area contributed by atoms with Gasteiger partial charge in [-0.25, -0.2) is 14.8 Å². The maximum Gasteiger partial charge on any atom is 0.416 e. The summed E-state index contributed by atoms with van der Waals surface area (Å²) in [4.78, 5) is 37.7. The number of hydrogen-bond donors (Lipinski definition) is 3. The zero-order valence-corrected chi connectivity index (χ0v) is 30.6. The summed E-state index contributed by atoms with van der Waals surface area (Å²) in [7, 11) is 3.57. The Labute approximate surface area is 303 Å². The van der Waals surface area contributed by atoms with Crippen LogP contribution in [0.3, 0.4) is 0 Å². The number of alkyl halides is 3. The number of fused-ring (bicyclic) bond motifs is 1. The number of rotatable bonds is 8. The van der Waals surface area contributed by atoms with E-state index < -0.39 is 23.9 Å². The van der Waals surface area contributed by atoms with Crippen LogP contribution in [-0.4, -0.2) is 70.7 Å². The third kappa shape index (κ3) is 8.18. The summed E-state index contributed by atoms with van der Waals surface area (Å²) in [6, 6.07) is 6.97. The smallest absolute Gasteiger partial charge is 0.416 e. The van der Waals surface area contributed by atoms with Crippen molar-refractivity contribution in [2.45, 2.75) is 96.2 Å². The summed E-state index contributed by atoms with van der Waals surface area (Å²) in [5.41, 5.74) is 7.40. The Hall–Kier alpha value is -4.29. The number of hydrogen-bond acceptors (Lipinski definition) is 7. The number of nitrogens with zero attached hydrogens (tertiary/aromatic N) is 4. The molecule has 13 heteroatoms. The number of amides is 2. The lowest BCUT2D eigenvalue weighted by molar-refractivity contribution is -0.138. The monoisotopic (exact) mass is 724 g/mol. The number of benzene rings is 2. The van der Waals surface area contributed by atoms with E-state index >= 15 is 0 Å². The Bertz CT molecular complexity index is 1780. The Morgan fingerprint density at radius 1 is 1.04 bits per heavy atom. The minimum absolute atomic E-state index is 0.0352.